The molecule has 2 heterocycles. The molecule has 1 aromatic heterocycles. The van der Waals surface area contributed by atoms with Crippen LogP contribution in [-0.2, 0) is 0 Å². The van der Waals surface area contributed by atoms with Gasteiger partial charge in [-0.25, -0.2) is 0 Å². The Labute approximate surface area is 193 Å². The molecule has 33 heavy (non-hydrogen) atoms. The van der Waals surface area contributed by atoms with Gasteiger partial charge < -0.3 is 8.97 Å². The summed E-state index contributed by atoms with van der Waals surface area (Å²) in [6.07, 6.45) is 0. The lowest BCUT2D eigenvalue weighted by Gasteiger charge is -2.40. The molecule has 0 radical (unpaired) electrons. The highest BCUT2D eigenvalue weighted by Gasteiger charge is 2.50. The summed E-state index contributed by atoms with van der Waals surface area (Å²) in [7, 11) is -2.76. The minimum Gasteiger partial charge on any atom is -0.457 e. The molecule has 0 saturated carbocycles. The van der Waals surface area contributed by atoms with Crippen molar-refractivity contribution in [3.63, 3.8) is 0 Å². The maximum Gasteiger partial charge on any atom is 0.265 e. The second-order valence-electron chi connectivity index (χ2n) is 8.54. The summed E-state index contributed by atoms with van der Waals surface area (Å²) in [5, 5.41) is 6.48. The van der Waals surface area contributed by atoms with Crippen LogP contribution in [0.5, 0.6) is 11.5 Å². The molecular weight excluding hydrogens is 418 g/mol. The van der Waals surface area contributed by atoms with Gasteiger partial charge in [-0.2, -0.15) is 0 Å². The van der Waals surface area contributed by atoms with Crippen LogP contribution in [0.4, 0.5) is 0 Å². The van der Waals surface area contributed by atoms with Crippen molar-refractivity contribution in [3.05, 3.63) is 127 Å². The Morgan fingerprint density at radius 2 is 0.909 bits per heavy atom. The first kappa shape index (κ1) is 18.5. The topological polar surface area (TPSA) is 14.2 Å². The zero-order valence-corrected chi connectivity index (χ0v) is 19.0. The van der Waals surface area contributed by atoms with Crippen LogP contribution in [0.1, 0.15) is 0 Å². The van der Waals surface area contributed by atoms with Crippen LogP contribution < -0.4 is 20.3 Å². The average molecular weight is 440 g/mol. The lowest BCUT2D eigenvalue weighted by atomic mass is 10.2. The second-order valence-corrected chi connectivity index (χ2v) is 12.1. The van der Waals surface area contributed by atoms with Crippen LogP contribution in [-0.4, -0.2) is 12.5 Å². The van der Waals surface area contributed by atoms with E-state index in [1.54, 1.807) is 0 Å². The van der Waals surface area contributed by atoms with Gasteiger partial charge in [-0.1, -0.05) is 103 Å². The molecule has 1 aliphatic rings. The third kappa shape index (κ3) is 2.43. The molecule has 0 aliphatic carbocycles. The summed E-state index contributed by atoms with van der Waals surface area (Å²) in [6, 6.07) is 45.9. The van der Waals surface area contributed by atoms with Gasteiger partial charge >= 0.3 is 0 Å². The predicted molar refractivity (Wildman–Crippen MR) is 139 cm³/mol. The molecule has 7 rings (SSSR count). The predicted octanol–water partition coefficient (Wildman–Crippen LogP) is 5.42. The quantitative estimate of drug-likeness (QED) is 0.328. The fraction of sp³-hybridized carbons (Fsp3) is 0. The Kier molecular flexibility index (Phi) is 3.90. The number of benzene rings is 5. The summed E-state index contributed by atoms with van der Waals surface area (Å²) < 4.78 is 9.16. The van der Waals surface area contributed by atoms with Gasteiger partial charge in [0.05, 0.1) is 0 Å². The van der Waals surface area contributed by atoms with E-state index in [0.717, 1.165) is 11.5 Å². The van der Waals surface area contributed by atoms with Crippen molar-refractivity contribution < 1.29 is 4.74 Å². The first-order valence-corrected chi connectivity index (χ1v) is 13.2. The largest absolute Gasteiger partial charge is 0.457 e. The minimum atomic E-state index is -2.76. The fourth-order valence-electron chi connectivity index (χ4n) is 5.62. The van der Waals surface area contributed by atoms with Crippen LogP contribution >= 0.6 is 0 Å². The Balaban J connectivity index is 1.78. The lowest BCUT2D eigenvalue weighted by molar-refractivity contribution is 0.486. The zero-order valence-electron chi connectivity index (χ0n) is 18.0. The molecular formula is C30H21NOSi. The van der Waals surface area contributed by atoms with Crippen LogP contribution in [0, 0.1) is 0 Å². The number of hydrogen-bond donors (Lipinski definition) is 0. The highest BCUT2D eigenvalue weighted by Crippen LogP contribution is 2.36. The van der Waals surface area contributed by atoms with Gasteiger partial charge in [-0.15, -0.1) is 0 Å². The maximum absolute atomic E-state index is 6.50. The van der Waals surface area contributed by atoms with E-state index in [4.69, 9.17) is 4.74 Å². The number of hydrogen-bond acceptors (Lipinski definition) is 1. The maximum atomic E-state index is 6.50. The molecule has 0 unspecified atom stereocenters. The molecule has 0 bridgehead atoms. The number of para-hydroxylation sites is 4. The Morgan fingerprint density at radius 1 is 0.455 bits per heavy atom. The van der Waals surface area contributed by atoms with Crippen molar-refractivity contribution in [3.8, 4) is 11.5 Å². The van der Waals surface area contributed by atoms with Gasteiger partial charge in [0.15, 0.2) is 0 Å². The van der Waals surface area contributed by atoms with Crippen LogP contribution in [0.3, 0.4) is 0 Å². The molecule has 0 amide bonds. The van der Waals surface area contributed by atoms with Gasteiger partial charge in [-0.3, -0.25) is 0 Å². The highest BCUT2D eigenvalue weighted by atomic mass is 28.3. The van der Waals surface area contributed by atoms with E-state index in [0.29, 0.717) is 0 Å². The minimum absolute atomic E-state index is 0.952. The van der Waals surface area contributed by atoms with Gasteiger partial charge in [0.25, 0.3) is 8.24 Å². The third-order valence-corrected chi connectivity index (χ3v) is 11.6. The molecule has 0 N–H and O–H groups in total. The third-order valence-electron chi connectivity index (χ3n) is 6.88. The Morgan fingerprint density at radius 3 is 1.48 bits per heavy atom. The van der Waals surface area contributed by atoms with E-state index < -0.39 is 8.24 Å². The molecule has 0 atom stereocenters. The molecule has 6 aromatic rings. The van der Waals surface area contributed by atoms with E-state index in [-0.39, 0.29) is 0 Å². The second kappa shape index (κ2) is 6.96. The van der Waals surface area contributed by atoms with E-state index in [2.05, 4.69) is 132 Å². The molecule has 0 fully saturated rings. The monoisotopic (exact) mass is 439 g/mol. The molecule has 3 heteroatoms. The van der Waals surface area contributed by atoms with E-state index in [9.17, 15) is 0 Å². The SMILES string of the molecule is c1ccc([Si]2(n3c4ccccc4c4ccccc43)c3ccccc3Oc3ccccc32)cc1. The normalized spacial score (nSPS) is 13.9. The summed E-state index contributed by atoms with van der Waals surface area (Å²) in [6.45, 7) is 0. The van der Waals surface area contributed by atoms with E-state index >= 15 is 0 Å². The van der Waals surface area contributed by atoms with Crippen molar-refractivity contribution in [2.45, 2.75) is 0 Å². The van der Waals surface area contributed by atoms with E-state index in [1.807, 2.05) is 0 Å². The first-order valence-electron chi connectivity index (χ1n) is 11.3. The van der Waals surface area contributed by atoms with Gasteiger partial charge in [0.1, 0.15) is 11.5 Å². The zero-order chi connectivity index (χ0) is 21.8. The van der Waals surface area contributed by atoms with Gasteiger partial charge in [0.2, 0.25) is 0 Å². The smallest absolute Gasteiger partial charge is 0.265 e. The average Bonchev–Trinajstić information content (AvgIpc) is 3.23. The number of rotatable bonds is 2. The molecule has 2 nitrogen and oxygen atoms in total. The first-order chi connectivity index (χ1) is 16.4. The van der Waals surface area contributed by atoms with Crippen molar-refractivity contribution >= 4 is 45.6 Å². The highest BCUT2D eigenvalue weighted by molar-refractivity contribution is 7.12. The fourth-order valence-corrected chi connectivity index (χ4v) is 10.7. The summed E-state index contributed by atoms with van der Waals surface area (Å²) in [4.78, 5) is 0. The van der Waals surface area contributed by atoms with Crippen LogP contribution in [0.2, 0.25) is 0 Å². The number of ether oxygens (including phenoxy) is 1. The van der Waals surface area contributed by atoms with Crippen molar-refractivity contribution in [2.75, 3.05) is 0 Å². The van der Waals surface area contributed by atoms with Crippen LogP contribution in [0.15, 0.2) is 127 Å². The van der Waals surface area contributed by atoms with Crippen LogP contribution in [0.25, 0.3) is 21.8 Å². The summed E-state index contributed by atoms with van der Waals surface area (Å²) in [5.41, 5.74) is 2.53. The Hall–Kier alpha value is -4.08. The molecule has 0 spiro atoms. The number of aromatic nitrogens is 1. The molecule has 5 aromatic carbocycles. The molecule has 1 aliphatic heterocycles. The molecule has 0 saturated heterocycles. The Bertz CT molecular complexity index is 1550. The van der Waals surface area contributed by atoms with Gasteiger partial charge in [0, 0.05) is 32.2 Å². The summed E-state index contributed by atoms with van der Waals surface area (Å²) >= 11 is 0. The number of fused-ring (bicyclic) bond motifs is 5. The van der Waals surface area contributed by atoms with Gasteiger partial charge in [-0.05, 0) is 29.5 Å². The van der Waals surface area contributed by atoms with E-state index in [1.165, 1.54) is 37.4 Å². The summed E-state index contributed by atoms with van der Waals surface area (Å²) in [5.74, 6) is 1.90. The number of nitrogens with zero attached hydrogens (tertiary/aromatic N) is 1. The van der Waals surface area contributed by atoms with Crippen molar-refractivity contribution in [2.24, 2.45) is 0 Å². The van der Waals surface area contributed by atoms with Crippen molar-refractivity contribution in [1.29, 1.82) is 0 Å². The molecule has 156 valence electrons. The van der Waals surface area contributed by atoms with Crippen molar-refractivity contribution in [1.82, 2.24) is 4.23 Å². The lowest BCUT2D eigenvalue weighted by Crippen LogP contribution is -2.73. The standard InChI is InChI=1S/C30H21NOSi/c1-2-12-22(13-3-1)33(29-20-10-8-18-27(29)32-28-19-9-11-21-30(28)33)31-25-16-6-4-14-23(25)24-15-5-7-17-26(24)31/h1-21H.